The molecule has 168 valence electrons. The van der Waals surface area contributed by atoms with Crippen molar-refractivity contribution in [3.05, 3.63) is 94.8 Å². The maximum absolute atomic E-state index is 13.0. The van der Waals surface area contributed by atoms with Crippen LogP contribution < -0.4 is 9.64 Å². The Bertz CT molecular complexity index is 1230. The number of aromatic nitrogens is 1. The van der Waals surface area contributed by atoms with Crippen molar-refractivity contribution >= 4 is 34.7 Å². The van der Waals surface area contributed by atoms with E-state index in [9.17, 15) is 27.9 Å². The molecule has 1 amide bonds. The number of carbonyl (C=O) groups is 2. The Kier molecular flexibility index (Phi) is 5.82. The summed E-state index contributed by atoms with van der Waals surface area (Å²) in [7, 11) is 0. The van der Waals surface area contributed by atoms with Crippen LogP contribution in [0.15, 0.2) is 78.5 Å². The van der Waals surface area contributed by atoms with Crippen molar-refractivity contribution < 1.29 is 32.6 Å². The van der Waals surface area contributed by atoms with Crippen molar-refractivity contribution in [2.45, 2.75) is 12.4 Å². The van der Waals surface area contributed by atoms with Crippen molar-refractivity contribution in [3.63, 3.8) is 0 Å². The van der Waals surface area contributed by atoms with Gasteiger partial charge in [-0.05, 0) is 60.7 Å². The van der Waals surface area contributed by atoms with Crippen molar-refractivity contribution in [2.75, 3.05) is 4.90 Å². The number of hydrogen-bond acceptors (Lipinski definition) is 5. The number of halogens is 4. The second kappa shape index (κ2) is 8.59. The van der Waals surface area contributed by atoms with Crippen molar-refractivity contribution in [2.24, 2.45) is 0 Å². The molecule has 2 heterocycles. The number of nitrogens with zero attached hydrogens (tertiary/aromatic N) is 2. The fourth-order valence-electron chi connectivity index (χ4n) is 3.49. The van der Waals surface area contributed by atoms with Crippen LogP contribution in [0.5, 0.6) is 5.75 Å². The Balaban J connectivity index is 1.83. The van der Waals surface area contributed by atoms with Crippen LogP contribution in [0.2, 0.25) is 5.02 Å². The van der Waals surface area contributed by atoms with Crippen LogP contribution in [0.25, 0.3) is 5.76 Å². The molecule has 0 bridgehead atoms. The molecular formula is C23H14ClF3N2O4. The number of hydrogen-bond donors (Lipinski definition) is 1. The number of aliphatic hydroxyl groups is 1. The van der Waals surface area contributed by atoms with E-state index in [2.05, 4.69) is 9.72 Å². The highest BCUT2D eigenvalue weighted by Crippen LogP contribution is 2.42. The number of carbonyl (C=O) groups excluding carboxylic acids is 2. The summed E-state index contributed by atoms with van der Waals surface area (Å²) in [6.07, 6.45) is -3.42. The molecule has 1 aliphatic heterocycles. The molecule has 3 aromatic rings. The Labute approximate surface area is 190 Å². The monoisotopic (exact) mass is 474 g/mol. The SMILES string of the molecule is O=C1C(=O)N(c2ccc(OC(F)(F)F)cc2)C(c2ccccn2)/C1=C(/O)c1ccc(Cl)cc1. The summed E-state index contributed by atoms with van der Waals surface area (Å²) in [6.45, 7) is 0. The highest BCUT2D eigenvalue weighted by molar-refractivity contribution is 6.51. The Hall–Kier alpha value is -3.85. The van der Waals surface area contributed by atoms with Gasteiger partial charge < -0.3 is 9.84 Å². The third kappa shape index (κ3) is 4.54. The fraction of sp³-hybridized carbons (Fsp3) is 0.0870. The van der Waals surface area contributed by atoms with Crippen LogP contribution in [-0.4, -0.2) is 28.1 Å². The molecule has 0 spiro atoms. The predicted octanol–water partition coefficient (Wildman–Crippen LogP) is 5.26. The Morgan fingerprint density at radius 3 is 2.24 bits per heavy atom. The van der Waals surface area contributed by atoms with Crippen molar-refractivity contribution in [1.29, 1.82) is 0 Å². The summed E-state index contributed by atoms with van der Waals surface area (Å²) >= 11 is 5.89. The quantitative estimate of drug-likeness (QED) is 0.317. The number of aliphatic hydroxyl groups excluding tert-OH is 1. The van der Waals surface area contributed by atoms with E-state index in [1.54, 1.807) is 18.2 Å². The first-order valence-electron chi connectivity index (χ1n) is 9.49. The summed E-state index contributed by atoms with van der Waals surface area (Å²) in [4.78, 5) is 31.2. The van der Waals surface area contributed by atoms with E-state index in [-0.39, 0.29) is 22.5 Å². The third-order valence-electron chi connectivity index (χ3n) is 4.88. The molecule has 6 nitrogen and oxygen atoms in total. The molecule has 4 rings (SSSR count). The first-order valence-corrected chi connectivity index (χ1v) is 9.87. The van der Waals surface area contributed by atoms with Gasteiger partial charge in [-0.25, -0.2) is 0 Å². The number of ketones is 1. The lowest BCUT2D eigenvalue weighted by Gasteiger charge is -2.24. The molecule has 1 fully saturated rings. The van der Waals surface area contributed by atoms with E-state index < -0.39 is 35.6 Å². The molecule has 0 aliphatic carbocycles. The smallest absolute Gasteiger partial charge is 0.507 e. The topological polar surface area (TPSA) is 79.7 Å². The van der Waals surface area contributed by atoms with Gasteiger partial charge in [0.05, 0.1) is 11.3 Å². The molecule has 1 N–H and O–H groups in total. The van der Waals surface area contributed by atoms with E-state index in [0.717, 1.165) is 17.0 Å². The first kappa shape index (κ1) is 22.3. The number of anilines is 1. The number of amides is 1. The largest absolute Gasteiger partial charge is 0.573 e. The molecule has 1 aliphatic rings. The number of pyridine rings is 1. The minimum absolute atomic E-state index is 0.123. The summed E-state index contributed by atoms with van der Waals surface area (Å²) in [6, 6.07) is 14.2. The minimum atomic E-state index is -4.88. The number of Topliss-reactive ketones (excluding diaryl/α,β-unsaturated/α-hetero) is 1. The van der Waals surface area contributed by atoms with Gasteiger partial charge in [-0.15, -0.1) is 13.2 Å². The lowest BCUT2D eigenvalue weighted by molar-refractivity contribution is -0.274. The zero-order valence-corrected chi connectivity index (χ0v) is 17.3. The van der Waals surface area contributed by atoms with Crippen molar-refractivity contribution in [1.82, 2.24) is 4.98 Å². The standard InChI is InChI=1S/C23H14ClF3N2O4/c24-14-6-4-13(5-7-14)20(30)18-19(17-3-1-2-12-28-17)29(22(32)21(18)31)15-8-10-16(11-9-15)33-23(25,26)27/h1-12,19,30H/b20-18-. The first-order chi connectivity index (χ1) is 15.7. The van der Waals surface area contributed by atoms with Crippen LogP contribution in [0.1, 0.15) is 17.3 Å². The number of alkyl halides is 3. The highest BCUT2D eigenvalue weighted by atomic mass is 35.5. The van der Waals surface area contributed by atoms with Gasteiger partial charge in [0.1, 0.15) is 17.6 Å². The molecule has 0 radical (unpaired) electrons. The maximum Gasteiger partial charge on any atom is 0.573 e. The van der Waals surface area contributed by atoms with Crippen LogP contribution in [0.3, 0.4) is 0 Å². The molecule has 33 heavy (non-hydrogen) atoms. The number of rotatable bonds is 4. The average Bonchev–Trinajstić information content (AvgIpc) is 3.04. The van der Waals surface area contributed by atoms with Crippen LogP contribution >= 0.6 is 11.6 Å². The molecule has 2 aromatic carbocycles. The van der Waals surface area contributed by atoms with E-state index in [4.69, 9.17) is 11.6 Å². The van der Waals surface area contributed by atoms with E-state index >= 15 is 0 Å². The van der Waals surface area contributed by atoms with Crippen LogP contribution in [0.4, 0.5) is 18.9 Å². The average molecular weight is 475 g/mol. The molecule has 1 saturated heterocycles. The lowest BCUT2D eigenvalue weighted by atomic mass is 9.98. The fourth-order valence-corrected chi connectivity index (χ4v) is 3.61. The minimum Gasteiger partial charge on any atom is -0.507 e. The van der Waals surface area contributed by atoms with Gasteiger partial charge in [0.2, 0.25) is 0 Å². The Morgan fingerprint density at radius 2 is 1.67 bits per heavy atom. The second-order valence-corrected chi connectivity index (χ2v) is 7.41. The van der Waals surface area contributed by atoms with E-state index in [1.807, 2.05) is 0 Å². The normalized spacial score (nSPS) is 17.9. The summed E-state index contributed by atoms with van der Waals surface area (Å²) < 4.78 is 41.3. The zero-order valence-electron chi connectivity index (χ0n) is 16.6. The second-order valence-electron chi connectivity index (χ2n) is 6.97. The van der Waals surface area contributed by atoms with Crippen LogP contribution in [0, 0.1) is 0 Å². The summed E-state index contributed by atoms with van der Waals surface area (Å²) in [5, 5.41) is 11.3. The van der Waals surface area contributed by atoms with E-state index in [1.165, 1.54) is 42.6 Å². The summed E-state index contributed by atoms with van der Waals surface area (Å²) in [5.41, 5.74) is 0.448. The van der Waals surface area contributed by atoms with Gasteiger partial charge in [-0.3, -0.25) is 19.5 Å². The van der Waals surface area contributed by atoms with Gasteiger partial charge in [0.25, 0.3) is 11.7 Å². The molecule has 0 saturated carbocycles. The molecule has 10 heteroatoms. The molecule has 1 atom stereocenters. The van der Waals surface area contributed by atoms with E-state index in [0.29, 0.717) is 5.02 Å². The molecule has 1 aromatic heterocycles. The highest BCUT2D eigenvalue weighted by Gasteiger charge is 2.47. The summed E-state index contributed by atoms with van der Waals surface area (Å²) in [5.74, 6) is -2.85. The molecular weight excluding hydrogens is 461 g/mol. The number of benzene rings is 2. The Morgan fingerprint density at radius 1 is 1.00 bits per heavy atom. The number of ether oxygens (including phenoxy) is 1. The van der Waals surface area contributed by atoms with Gasteiger partial charge in [-0.2, -0.15) is 0 Å². The lowest BCUT2D eigenvalue weighted by Crippen LogP contribution is -2.29. The van der Waals surface area contributed by atoms with Crippen molar-refractivity contribution in [3.8, 4) is 5.75 Å². The zero-order chi connectivity index (χ0) is 23.8. The van der Waals surface area contributed by atoms with Gasteiger partial charge in [-0.1, -0.05) is 17.7 Å². The molecule has 1 unspecified atom stereocenters. The predicted molar refractivity (Wildman–Crippen MR) is 114 cm³/mol. The van der Waals surface area contributed by atoms with Gasteiger partial charge in [0, 0.05) is 22.5 Å². The van der Waals surface area contributed by atoms with Gasteiger partial charge >= 0.3 is 6.36 Å². The van der Waals surface area contributed by atoms with Gasteiger partial charge in [0.15, 0.2) is 0 Å². The van der Waals surface area contributed by atoms with Crippen LogP contribution in [-0.2, 0) is 9.59 Å². The maximum atomic E-state index is 13.0. The third-order valence-corrected chi connectivity index (χ3v) is 5.13.